The van der Waals surface area contributed by atoms with Gasteiger partial charge in [-0.15, -0.1) is 0 Å². The molecule has 1 aliphatic rings. The summed E-state index contributed by atoms with van der Waals surface area (Å²) in [6, 6.07) is 10.7. The highest BCUT2D eigenvalue weighted by atomic mass is 19.1. The van der Waals surface area contributed by atoms with E-state index in [9.17, 15) is 19.1 Å². The van der Waals surface area contributed by atoms with Gasteiger partial charge >= 0.3 is 5.69 Å². The van der Waals surface area contributed by atoms with E-state index in [0.29, 0.717) is 17.6 Å². The van der Waals surface area contributed by atoms with Gasteiger partial charge in [0.15, 0.2) is 5.78 Å². The molecule has 0 amide bonds. The summed E-state index contributed by atoms with van der Waals surface area (Å²) in [5.74, 6) is -0.120. The van der Waals surface area contributed by atoms with Crippen LogP contribution in [0.15, 0.2) is 47.3 Å². The second-order valence-corrected chi connectivity index (χ2v) is 7.62. The number of hydrogen-bond acceptors (Lipinski definition) is 4. The lowest BCUT2D eigenvalue weighted by Crippen LogP contribution is -2.37. The lowest BCUT2D eigenvalue weighted by atomic mass is 9.89. The predicted octanol–water partition coefficient (Wildman–Crippen LogP) is 3.16. The lowest BCUT2D eigenvalue weighted by Gasteiger charge is -2.31. The number of phenols is 1. The van der Waals surface area contributed by atoms with Crippen LogP contribution in [0.5, 0.6) is 5.75 Å². The first-order valence-electron chi connectivity index (χ1n) is 9.95. The Morgan fingerprint density at radius 2 is 1.83 bits per heavy atom. The average molecular weight is 397 g/mol. The number of aromatic nitrogens is 2. The predicted molar refractivity (Wildman–Crippen MR) is 109 cm³/mol. The number of hydrogen-bond donors (Lipinski definition) is 2. The molecule has 29 heavy (non-hydrogen) atoms. The van der Waals surface area contributed by atoms with Crippen LogP contribution in [-0.2, 0) is 6.54 Å². The fraction of sp³-hybridized carbons (Fsp3) is 0.364. The molecule has 2 heterocycles. The molecule has 1 aromatic heterocycles. The number of carbonyl (C=O) groups is 1. The topological polar surface area (TPSA) is 78.3 Å². The van der Waals surface area contributed by atoms with Crippen LogP contribution >= 0.6 is 0 Å². The summed E-state index contributed by atoms with van der Waals surface area (Å²) in [4.78, 5) is 29.8. The standard InChI is InChI=1S/C22H24FN3O3/c23-17-4-2-15(3-5-17)21(28)16-8-12-25(13-9-16)10-1-11-26-20-7-6-18(27)14-19(20)24-22(26)29/h2-7,14,16,27H,1,8-13H2,(H,24,29). The normalized spacial score (nSPS) is 15.8. The maximum Gasteiger partial charge on any atom is 0.326 e. The summed E-state index contributed by atoms with van der Waals surface area (Å²) in [5, 5.41) is 9.54. The van der Waals surface area contributed by atoms with Gasteiger partial charge in [0.05, 0.1) is 11.0 Å². The molecular formula is C22H24FN3O3. The number of halogens is 1. The molecule has 0 bridgehead atoms. The van der Waals surface area contributed by atoms with E-state index in [0.717, 1.165) is 44.4 Å². The van der Waals surface area contributed by atoms with Crippen LogP contribution in [0.2, 0.25) is 0 Å². The van der Waals surface area contributed by atoms with Crippen molar-refractivity contribution in [2.75, 3.05) is 19.6 Å². The minimum Gasteiger partial charge on any atom is -0.508 e. The monoisotopic (exact) mass is 397 g/mol. The third-order valence-electron chi connectivity index (χ3n) is 5.70. The van der Waals surface area contributed by atoms with Crippen LogP contribution in [-0.4, -0.2) is 45.0 Å². The number of piperidine rings is 1. The number of rotatable bonds is 6. The Morgan fingerprint density at radius 1 is 1.10 bits per heavy atom. The molecule has 0 aliphatic carbocycles. The number of nitrogens with zero attached hydrogens (tertiary/aromatic N) is 2. The fourth-order valence-corrected chi connectivity index (χ4v) is 4.09. The zero-order valence-corrected chi connectivity index (χ0v) is 16.1. The van der Waals surface area contributed by atoms with Crippen LogP contribution < -0.4 is 5.69 Å². The van der Waals surface area contributed by atoms with E-state index in [4.69, 9.17) is 0 Å². The summed E-state index contributed by atoms with van der Waals surface area (Å²) < 4.78 is 14.7. The van der Waals surface area contributed by atoms with Crippen LogP contribution in [0.3, 0.4) is 0 Å². The number of nitrogens with one attached hydrogen (secondary N) is 1. The van der Waals surface area contributed by atoms with Crippen molar-refractivity contribution in [2.45, 2.75) is 25.8 Å². The molecule has 4 rings (SSSR count). The molecule has 0 atom stereocenters. The van der Waals surface area contributed by atoms with Crippen molar-refractivity contribution in [1.82, 2.24) is 14.5 Å². The van der Waals surface area contributed by atoms with Crippen LogP contribution in [0.1, 0.15) is 29.6 Å². The van der Waals surface area contributed by atoms with E-state index in [1.165, 1.54) is 12.1 Å². The number of Topliss-reactive ketones (excluding diaryl/α,β-unsaturated/α-hetero) is 1. The maximum absolute atomic E-state index is 13.0. The van der Waals surface area contributed by atoms with E-state index in [1.807, 2.05) is 0 Å². The highest BCUT2D eigenvalue weighted by Gasteiger charge is 2.25. The molecule has 2 N–H and O–H groups in total. The number of aromatic amines is 1. The smallest absolute Gasteiger partial charge is 0.326 e. The SMILES string of the molecule is O=C(c1ccc(F)cc1)C1CCN(CCCn2c(=O)[nH]c3cc(O)ccc32)CC1. The first-order valence-corrected chi connectivity index (χ1v) is 9.95. The molecule has 1 fully saturated rings. The van der Waals surface area contributed by atoms with Gasteiger partial charge in [-0.05, 0) is 75.3 Å². The van der Waals surface area contributed by atoms with Crippen molar-refractivity contribution in [3.8, 4) is 5.75 Å². The third-order valence-corrected chi connectivity index (χ3v) is 5.70. The van der Waals surface area contributed by atoms with E-state index in [1.54, 1.807) is 34.9 Å². The van der Waals surface area contributed by atoms with Crippen molar-refractivity contribution in [3.05, 3.63) is 64.3 Å². The van der Waals surface area contributed by atoms with Gasteiger partial charge in [0.2, 0.25) is 0 Å². The number of ketones is 1. The molecule has 0 saturated carbocycles. The number of phenolic OH excluding ortho intramolecular Hbond substituents is 1. The zero-order valence-electron chi connectivity index (χ0n) is 16.1. The average Bonchev–Trinajstić information content (AvgIpc) is 3.03. The van der Waals surface area contributed by atoms with Gasteiger partial charge in [-0.25, -0.2) is 9.18 Å². The van der Waals surface area contributed by atoms with Gasteiger partial charge in [0.25, 0.3) is 0 Å². The molecule has 152 valence electrons. The number of imidazole rings is 1. The quantitative estimate of drug-likeness (QED) is 0.627. The minimum atomic E-state index is -0.331. The third kappa shape index (κ3) is 4.24. The Hall–Kier alpha value is -2.93. The summed E-state index contributed by atoms with van der Waals surface area (Å²) in [6.07, 6.45) is 2.41. The largest absolute Gasteiger partial charge is 0.508 e. The summed E-state index contributed by atoms with van der Waals surface area (Å²) in [7, 11) is 0. The Morgan fingerprint density at radius 3 is 2.55 bits per heavy atom. The highest BCUT2D eigenvalue weighted by molar-refractivity contribution is 5.97. The Bertz CT molecular complexity index is 1060. The highest BCUT2D eigenvalue weighted by Crippen LogP contribution is 2.22. The molecule has 7 heteroatoms. The number of fused-ring (bicyclic) bond motifs is 1. The summed E-state index contributed by atoms with van der Waals surface area (Å²) in [5.41, 5.74) is 1.83. The number of H-pyrrole nitrogens is 1. The fourth-order valence-electron chi connectivity index (χ4n) is 4.09. The van der Waals surface area contributed by atoms with Crippen molar-refractivity contribution in [1.29, 1.82) is 0 Å². The Kier molecular flexibility index (Phi) is 5.49. The van der Waals surface area contributed by atoms with E-state index < -0.39 is 0 Å². The van der Waals surface area contributed by atoms with Crippen molar-refractivity contribution in [3.63, 3.8) is 0 Å². The van der Waals surface area contributed by atoms with Crippen molar-refractivity contribution < 1.29 is 14.3 Å². The van der Waals surface area contributed by atoms with Gasteiger partial charge in [0.1, 0.15) is 11.6 Å². The van der Waals surface area contributed by atoms with E-state index >= 15 is 0 Å². The Balaban J connectivity index is 1.28. The van der Waals surface area contributed by atoms with E-state index in [-0.39, 0.29) is 29.0 Å². The first kappa shape index (κ1) is 19.4. The van der Waals surface area contributed by atoms with Crippen molar-refractivity contribution in [2.24, 2.45) is 5.92 Å². The second kappa shape index (κ2) is 8.21. The van der Waals surface area contributed by atoms with Gasteiger partial charge in [-0.2, -0.15) is 0 Å². The van der Waals surface area contributed by atoms with Crippen LogP contribution in [0.4, 0.5) is 4.39 Å². The first-order chi connectivity index (χ1) is 14.0. The summed E-state index contributed by atoms with van der Waals surface area (Å²) in [6.45, 7) is 3.13. The molecule has 1 aliphatic heterocycles. The molecule has 0 unspecified atom stereocenters. The zero-order chi connectivity index (χ0) is 20.4. The van der Waals surface area contributed by atoms with Crippen LogP contribution in [0, 0.1) is 11.7 Å². The number of carbonyl (C=O) groups excluding carboxylic acids is 1. The van der Waals surface area contributed by atoms with Gasteiger partial charge in [-0.1, -0.05) is 0 Å². The Labute approximate surface area is 167 Å². The molecule has 0 spiro atoms. The number of aryl methyl sites for hydroxylation is 1. The van der Waals surface area contributed by atoms with E-state index in [2.05, 4.69) is 9.88 Å². The molecule has 3 aromatic rings. The minimum absolute atomic E-state index is 0.0133. The lowest BCUT2D eigenvalue weighted by molar-refractivity contribution is 0.0838. The number of benzene rings is 2. The molecule has 1 saturated heterocycles. The number of aromatic hydroxyl groups is 1. The second-order valence-electron chi connectivity index (χ2n) is 7.62. The van der Waals surface area contributed by atoms with Gasteiger partial charge in [0, 0.05) is 24.1 Å². The molecular weight excluding hydrogens is 373 g/mol. The van der Waals surface area contributed by atoms with Crippen LogP contribution in [0.25, 0.3) is 11.0 Å². The molecule has 6 nitrogen and oxygen atoms in total. The van der Waals surface area contributed by atoms with Gasteiger partial charge < -0.3 is 15.0 Å². The summed E-state index contributed by atoms with van der Waals surface area (Å²) >= 11 is 0. The van der Waals surface area contributed by atoms with Gasteiger partial charge in [-0.3, -0.25) is 9.36 Å². The maximum atomic E-state index is 13.0. The van der Waals surface area contributed by atoms with Crippen molar-refractivity contribution >= 4 is 16.8 Å². The number of likely N-dealkylation sites (tertiary alicyclic amines) is 1. The molecule has 2 aromatic carbocycles. The molecule has 0 radical (unpaired) electrons.